The third kappa shape index (κ3) is 2.23. The minimum atomic E-state index is -0.309. The molecule has 1 fully saturated rings. The Morgan fingerprint density at radius 1 is 1.47 bits per heavy atom. The highest BCUT2D eigenvalue weighted by Gasteiger charge is 2.21. The first-order valence-corrected chi connectivity index (χ1v) is 7.58. The number of aromatic nitrogens is 2. The molecule has 5 heteroatoms. The van der Waals surface area contributed by atoms with E-state index in [2.05, 4.69) is 4.98 Å². The van der Waals surface area contributed by atoms with Gasteiger partial charge in [0.1, 0.15) is 5.82 Å². The first-order valence-electron chi connectivity index (χ1n) is 6.43. The molecule has 0 N–H and O–H groups in total. The van der Waals surface area contributed by atoms with Crippen LogP contribution in [-0.4, -0.2) is 34.0 Å². The van der Waals surface area contributed by atoms with Gasteiger partial charge in [-0.05, 0) is 36.5 Å². The summed E-state index contributed by atoms with van der Waals surface area (Å²) in [6, 6.07) is 3.66. The maximum Gasteiger partial charge on any atom is 0.340 e. The van der Waals surface area contributed by atoms with Gasteiger partial charge in [0.15, 0.2) is 0 Å². The number of ether oxygens (including phenoxy) is 1. The van der Waals surface area contributed by atoms with Crippen LogP contribution in [0.5, 0.6) is 0 Å². The highest BCUT2D eigenvalue weighted by molar-refractivity contribution is 7.99. The van der Waals surface area contributed by atoms with E-state index in [0.717, 1.165) is 24.2 Å². The summed E-state index contributed by atoms with van der Waals surface area (Å²) in [5.41, 5.74) is 1.41. The lowest BCUT2D eigenvalue weighted by Gasteiger charge is -2.20. The van der Waals surface area contributed by atoms with Crippen molar-refractivity contribution < 1.29 is 9.53 Å². The van der Waals surface area contributed by atoms with Crippen molar-refractivity contribution in [1.82, 2.24) is 9.38 Å². The van der Waals surface area contributed by atoms with Gasteiger partial charge < -0.3 is 9.14 Å². The van der Waals surface area contributed by atoms with Gasteiger partial charge in [-0.2, -0.15) is 11.8 Å². The lowest BCUT2D eigenvalue weighted by Crippen LogP contribution is -2.12. The van der Waals surface area contributed by atoms with Crippen LogP contribution in [0.2, 0.25) is 0 Å². The highest BCUT2D eigenvalue weighted by atomic mass is 32.2. The molecule has 0 aromatic carbocycles. The summed E-state index contributed by atoms with van der Waals surface area (Å²) >= 11 is 2.00. The maximum atomic E-state index is 11.7. The zero-order valence-electron chi connectivity index (χ0n) is 10.8. The van der Waals surface area contributed by atoms with Crippen molar-refractivity contribution in [3.8, 4) is 0 Å². The Morgan fingerprint density at radius 2 is 2.26 bits per heavy atom. The highest BCUT2D eigenvalue weighted by Crippen LogP contribution is 2.31. The number of carbonyl (C=O) groups excluding carboxylic acids is 1. The molecule has 0 spiro atoms. The second kappa shape index (κ2) is 5.25. The summed E-state index contributed by atoms with van der Waals surface area (Å²) in [7, 11) is 1.40. The van der Waals surface area contributed by atoms with Gasteiger partial charge in [0.25, 0.3) is 0 Å². The van der Waals surface area contributed by atoms with Gasteiger partial charge in [-0.25, -0.2) is 9.78 Å². The fraction of sp³-hybridized carbons (Fsp3) is 0.429. The van der Waals surface area contributed by atoms with Crippen molar-refractivity contribution >= 4 is 23.2 Å². The number of hydrogen-bond donors (Lipinski definition) is 0. The number of rotatable bonds is 2. The van der Waals surface area contributed by atoms with Crippen LogP contribution in [0.15, 0.2) is 24.5 Å². The Balaban J connectivity index is 2.05. The minimum Gasteiger partial charge on any atom is -0.465 e. The molecule has 1 saturated heterocycles. The van der Waals surface area contributed by atoms with E-state index in [0.29, 0.717) is 11.5 Å². The first kappa shape index (κ1) is 12.5. The molecule has 0 amide bonds. The zero-order chi connectivity index (χ0) is 13.2. The van der Waals surface area contributed by atoms with E-state index < -0.39 is 0 Å². The second-order valence-corrected chi connectivity index (χ2v) is 5.90. The molecule has 100 valence electrons. The average Bonchev–Trinajstić information content (AvgIpc) is 2.91. The van der Waals surface area contributed by atoms with Crippen molar-refractivity contribution in [2.24, 2.45) is 0 Å². The summed E-state index contributed by atoms with van der Waals surface area (Å²) in [5, 5.41) is 0. The molecule has 0 atom stereocenters. The van der Waals surface area contributed by atoms with Crippen molar-refractivity contribution in [2.45, 2.75) is 18.8 Å². The molecule has 1 aliphatic rings. The van der Waals surface area contributed by atoms with Crippen molar-refractivity contribution in [3.63, 3.8) is 0 Å². The molecule has 0 radical (unpaired) electrons. The number of pyridine rings is 1. The predicted octanol–water partition coefficient (Wildman–Crippen LogP) is 2.73. The second-order valence-electron chi connectivity index (χ2n) is 4.67. The fourth-order valence-electron chi connectivity index (χ4n) is 2.58. The van der Waals surface area contributed by atoms with Crippen LogP contribution in [0.1, 0.15) is 34.9 Å². The van der Waals surface area contributed by atoms with Crippen LogP contribution in [0, 0.1) is 0 Å². The Hall–Kier alpha value is -1.49. The normalized spacial score (nSPS) is 16.7. The van der Waals surface area contributed by atoms with Gasteiger partial charge in [0.2, 0.25) is 0 Å². The number of methoxy groups -OCH3 is 1. The van der Waals surface area contributed by atoms with Gasteiger partial charge in [-0.1, -0.05) is 0 Å². The monoisotopic (exact) mass is 276 g/mol. The van der Waals surface area contributed by atoms with Gasteiger partial charge in [0.05, 0.1) is 24.4 Å². The van der Waals surface area contributed by atoms with E-state index in [1.54, 1.807) is 12.3 Å². The smallest absolute Gasteiger partial charge is 0.340 e. The number of nitrogens with zero attached hydrogens (tertiary/aromatic N) is 2. The molecule has 0 unspecified atom stereocenters. The molecule has 19 heavy (non-hydrogen) atoms. The Kier molecular flexibility index (Phi) is 3.46. The van der Waals surface area contributed by atoms with Gasteiger partial charge in [0, 0.05) is 12.1 Å². The molecule has 0 saturated carbocycles. The van der Waals surface area contributed by atoms with E-state index in [4.69, 9.17) is 4.74 Å². The summed E-state index contributed by atoms with van der Waals surface area (Å²) in [6.45, 7) is 0. The standard InChI is InChI=1S/C14H16N2O2S/c1-18-14(17)11-3-2-6-16-12(11)9-15-13(16)10-4-7-19-8-5-10/h2-3,6,9-10H,4-5,7-8H2,1H3. The average molecular weight is 276 g/mol. The molecule has 0 aliphatic carbocycles. The first-order chi connectivity index (χ1) is 9.31. The molecule has 0 bridgehead atoms. The third-order valence-corrected chi connectivity index (χ3v) is 4.64. The molecule has 3 heterocycles. The SMILES string of the molecule is COC(=O)c1cccn2c(C3CCSCC3)ncc12. The van der Waals surface area contributed by atoms with Crippen LogP contribution < -0.4 is 0 Å². The largest absolute Gasteiger partial charge is 0.465 e. The number of imidazole rings is 1. The van der Waals surface area contributed by atoms with E-state index in [-0.39, 0.29) is 5.97 Å². The quantitative estimate of drug-likeness (QED) is 0.791. The third-order valence-electron chi connectivity index (χ3n) is 3.59. The minimum absolute atomic E-state index is 0.309. The Morgan fingerprint density at radius 3 is 3.00 bits per heavy atom. The van der Waals surface area contributed by atoms with Crippen LogP contribution in [-0.2, 0) is 4.74 Å². The lowest BCUT2D eigenvalue weighted by molar-refractivity contribution is 0.0602. The molecule has 4 nitrogen and oxygen atoms in total. The fourth-order valence-corrected chi connectivity index (χ4v) is 3.69. The zero-order valence-corrected chi connectivity index (χ0v) is 11.7. The molecule has 2 aromatic heterocycles. The van der Waals surface area contributed by atoms with Crippen LogP contribution in [0.25, 0.3) is 5.52 Å². The van der Waals surface area contributed by atoms with Crippen LogP contribution in [0.3, 0.4) is 0 Å². The Labute approximate surface area is 116 Å². The molecule has 1 aliphatic heterocycles. The number of fused-ring (bicyclic) bond motifs is 1. The maximum absolute atomic E-state index is 11.7. The number of carbonyl (C=O) groups is 1. The molecule has 3 rings (SSSR count). The van der Waals surface area contributed by atoms with Crippen molar-refractivity contribution in [3.05, 3.63) is 35.9 Å². The summed E-state index contributed by atoms with van der Waals surface area (Å²) in [6.07, 6.45) is 6.08. The number of thioether (sulfide) groups is 1. The van der Waals surface area contributed by atoms with Gasteiger partial charge in [-0.3, -0.25) is 0 Å². The van der Waals surface area contributed by atoms with E-state index in [1.165, 1.54) is 18.6 Å². The summed E-state index contributed by atoms with van der Waals surface area (Å²) < 4.78 is 6.85. The van der Waals surface area contributed by atoms with Crippen LogP contribution in [0.4, 0.5) is 0 Å². The van der Waals surface area contributed by atoms with E-state index in [9.17, 15) is 4.79 Å². The number of hydrogen-bond acceptors (Lipinski definition) is 4. The molecular formula is C14H16N2O2S. The van der Waals surface area contributed by atoms with Gasteiger partial charge in [-0.15, -0.1) is 0 Å². The van der Waals surface area contributed by atoms with Crippen molar-refractivity contribution in [1.29, 1.82) is 0 Å². The summed E-state index contributed by atoms with van der Waals surface area (Å²) in [4.78, 5) is 16.3. The van der Waals surface area contributed by atoms with Gasteiger partial charge >= 0.3 is 5.97 Å². The molecular weight excluding hydrogens is 260 g/mol. The predicted molar refractivity (Wildman–Crippen MR) is 75.8 cm³/mol. The van der Waals surface area contributed by atoms with E-state index >= 15 is 0 Å². The summed E-state index contributed by atoms with van der Waals surface area (Å²) in [5.74, 6) is 3.64. The van der Waals surface area contributed by atoms with Crippen LogP contribution >= 0.6 is 11.8 Å². The topological polar surface area (TPSA) is 43.6 Å². The van der Waals surface area contributed by atoms with Crippen molar-refractivity contribution in [2.75, 3.05) is 18.6 Å². The molecule has 2 aromatic rings. The lowest BCUT2D eigenvalue weighted by atomic mass is 10.0. The Bertz CT molecular complexity index is 603. The number of esters is 1. The van der Waals surface area contributed by atoms with E-state index in [1.807, 2.05) is 28.4 Å².